The zero-order valence-corrected chi connectivity index (χ0v) is 21.8. The molecule has 0 aliphatic rings. The number of para-hydroxylation sites is 3. The minimum Gasteiger partial charge on any atom is -0.309 e. The zero-order chi connectivity index (χ0) is 25.5. The molecule has 2 nitrogen and oxygen atoms in total. The molecule has 9 aromatic rings. The van der Waals surface area contributed by atoms with Gasteiger partial charge in [-0.2, -0.15) is 0 Å². The Morgan fingerprint density at radius 1 is 0.359 bits per heavy atom. The van der Waals surface area contributed by atoms with Crippen LogP contribution in [0.5, 0.6) is 0 Å². The second-order valence-electron chi connectivity index (χ2n) is 10.2. The summed E-state index contributed by atoms with van der Waals surface area (Å²) in [5, 5.41) is 7.86. The van der Waals surface area contributed by atoms with Crippen molar-refractivity contribution in [2.75, 3.05) is 0 Å². The van der Waals surface area contributed by atoms with Gasteiger partial charge < -0.3 is 9.13 Å². The molecule has 0 bridgehead atoms. The van der Waals surface area contributed by atoms with Crippen LogP contribution in [0.3, 0.4) is 0 Å². The molecule has 0 radical (unpaired) electrons. The van der Waals surface area contributed by atoms with Crippen LogP contribution < -0.4 is 0 Å². The van der Waals surface area contributed by atoms with Gasteiger partial charge in [-0.05, 0) is 60.7 Å². The first kappa shape index (κ1) is 21.1. The van der Waals surface area contributed by atoms with Gasteiger partial charge in [0, 0.05) is 53.1 Å². The second-order valence-corrected chi connectivity index (χ2v) is 11.3. The number of fused-ring (bicyclic) bond motifs is 10. The highest BCUT2D eigenvalue weighted by Gasteiger charge is 2.19. The van der Waals surface area contributed by atoms with Crippen LogP contribution in [0, 0.1) is 0 Å². The maximum atomic E-state index is 2.42. The number of hydrogen-bond acceptors (Lipinski definition) is 1. The van der Waals surface area contributed by atoms with E-state index in [0.29, 0.717) is 0 Å². The first-order valence-corrected chi connectivity index (χ1v) is 14.1. The fourth-order valence-electron chi connectivity index (χ4n) is 6.51. The maximum absolute atomic E-state index is 2.42. The van der Waals surface area contributed by atoms with Crippen LogP contribution in [-0.2, 0) is 0 Å². The molecule has 182 valence electrons. The molecule has 0 N–H and O–H groups in total. The Kier molecular flexibility index (Phi) is 4.24. The predicted molar refractivity (Wildman–Crippen MR) is 168 cm³/mol. The lowest BCUT2D eigenvalue weighted by atomic mass is 10.0. The van der Waals surface area contributed by atoms with Gasteiger partial charge in [0.2, 0.25) is 0 Å². The Balaban J connectivity index is 1.48. The minimum absolute atomic E-state index is 1.18. The normalized spacial score (nSPS) is 12.1. The quantitative estimate of drug-likeness (QED) is 0.217. The summed E-state index contributed by atoms with van der Waals surface area (Å²) in [4.78, 5) is 0. The third kappa shape index (κ3) is 2.85. The van der Waals surface area contributed by atoms with E-state index < -0.39 is 0 Å². The van der Waals surface area contributed by atoms with E-state index in [9.17, 15) is 0 Å². The molecular weight excluding hydrogens is 492 g/mol. The van der Waals surface area contributed by atoms with Crippen molar-refractivity contribution >= 4 is 75.1 Å². The number of rotatable bonds is 2. The molecule has 3 heterocycles. The molecular formula is C36H22N2S. The molecule has 0 aliphatic carbocycles. The third-order valence-electron chi connectivity index (χ3n) is 8.11. The van der Waals surface area contributed by atoms with E-state index in [4.69, 9.17) is 0 Å². The zero-order valence-electron chi connectivity index (χ0n) is 21.0. The summed E-state index contributed by atoms with van der Waals surface area (Å²) in [5.41, 5.74) is 7.30. The van der Waals surface area contributed by atoms with Crippen molar-refractivity contribution in [3.63, 3.8) is 0 Å². The van der Waals surface area contributed by atoms with Gasteiger partial charge in [0.1, 0.15) is 0 Å². The van der Waals surface area contributed by atoms with Gasteiger partial charge >= 0.3 is 0 Å². The largest absolute Gasteiger partial charge is 0.309 e. The Morgan fingerprint density at radius 3 is 1.72 bits per heavy atom. The molecule has 0 saturated heterocycles. The fourth-order valence-corrected chi connectivity index (χ4v) is 7.62. The number of thiophene rings is 1. The smallest absolute Gasteiger partial charge is 0.0548 e. The summed E-state index contributed by atoms with van der Waals surface area (Å²) in [6.45, 7) is 0. The third-order valence-corrected chi connectivity index (χ3v) is 9.24. The molecule has 0 atom stereocenters. The minimum atomic E-state index is 1.18. The average molecular weight is 515 g/mol. The summed E-state index contributed by atoms with van der Waals surface area (Å²) >= 11 is 1.88. The van der Waals surface area contributed by atoms with E-state index in [0.717, 1.165) is 0 Å². The van der Waals surface area contributed by atoms with Gasteiger partial charge in [0.05, 0.1) is 22.1 Å². The Morgan fingerprint density at radius 2 is 0.949 bits per heavy atom. The first-order chi connectivity index (χ1) is 19.4. The lowest BCUT2D eigenvalue weighted by Crippen LogP contribution is -1.95. The second kappa shape index (κ2) is 7.83. The standard InChI is InChI=1S/C36H22N2S/c1-2-10-23(11-3-1)37-31-19-18-24(38-29-15-7-4-12-25(29)26-13-5-8-16-30(26)38)22-28(31)35-32(37)20-21-34-36(35)27-14-6-9-17-33(27)39-34/h1-22H. The SMILES string of the molecule is c1ccc(-n2c3ccc(-n4c5ccccc5c5ccccc54)cc3c3c4c(ccc32)sc2ccccc24)cc1. The molecule has 6 aromatic carbocycles. The highest BCUT2D eigenvalue weighted by atomic mass is 32.1. The van der Waals surface area contributed by atoms with Gasteiger partial charge in [-0.3, -0.25) is 0 Å². The van der Waals surface area contributed by atoms with Crippen LogP contribution in [-0.4, -0.2) is 9.13 Å². The molecule has 39 heavy (non-hydrogen) atoms. The molecule has 0 aliphatic heterocycles. The Bertz CT molecular complexity index is 2330. The van der Waals surface area contributed by atoms with Crippen LogP contribution in [0.25, 0.3) is 75.2 Å². The van der Waals surface area contributed by atoms with Crippen LogP contribution in [0.4, 0.5) is 0 Å². The highest BCUT2D eigenvalue weighted by molar-refractivity contribution is 7.26. The van der Waals surface area contributed by atoms with Crippen molar-refractivity contribution in [2.24, 2.45) is 0 Å². The molecule has 3 aromatic heterocycles. The van der Waals surface area contributed by atoms with E-state index in [1.807, 2.05) is 11.3 Å². The van der Waals surface area contributed by atoms with Gasteiger partial charge in [0.15, 0.2) is 0 Å². The van der Waals surface area contributed by atoms with Crippen LogP contribution in [0.2, 0.25) is 0 Å². The molecule has 3 heteroatoms. The van der Waals surface area contributed by atoms with E-state index >= 15 is 0 Å². The number of aromatic nitrogens is 2. The van der Waals surface area contributed by atoms with Gasteiger partial charge in [-0.1, -0.05) is 72.8 Å². The van der Waals surface area contributed by atoms with Crippen molar-refractivity contribution in [1.29, 1.82) is 0 Å². The van der Waals surface area contributed by atoms with Crippen LogP contribution >= 0.6 is 11.3 Å². The number of benzene rings is 6. The van der Waals surface area contributed by atoms with Crippen LogP contribution in [0.1, 0.15) is 0 Å². The van der Waals surface area contributed by atoms with E-state index in [-0.39, 0.29) is 0 Å². The fraction of sp³-hybridized carbons (Fsp3) is 0. The van der Waals surface area contributed by atoms with Gasteiger partial charge in [0.25, 0.3) is 0 Å². The van der Waals surface area contributed by atoms with Gasteiger partial charge in [-0.15, -0.1) is 11.3 Å². The summed E-state index contributed by atoms with van der Waals surface area (Å²) in [6.07, 6.45) is 0. The summed E-state index contributed by atoms with van der Waals surface area (Å²) < 4.78 is 7.51. The van der Waals surface area contributed by atoms with E-state index in [1.165, 1.54) is 75.2 Å². The lowest BCUT2D eigenvalue weighted by molar-refractivity contribution is 1.17. The summed E-state index contributed by atoms with van der Waals surface area (Å²) in [5.74, 6) is 0. The topological polar surface area (TPSA) is 9.86 Å². The monoisotopic (exact) mass is 514 g/mol. The molecule has 0 amide bonds. The predicted octanol–water partition coefficient (Wildman–Crippen LogP) is 10.2. The highest BCUT2D eigenvalue weighted by Crippen LogP contribution is 2.44. The first-order valence-electron chi connectivity index (χ1n) is 13.3. The number of hydrogen-bond donors (Lipinski definition) is 0. The van der Waals surface area contributed by atoms with Crippen molar-refractivity contribution in [3.8, 4) is 11.4 Å². The molecule has 0 saturated carbocycles. The molecule has 0 spiro atoms. The van der Waals surface area contributed by atoms with Crippen LogP contribution in [0.15, 0.2) is 133 Å². The summed E-state index contributed by atoms with van der Waals surface area (Å²) in [7, 11) is 0. The average Bonchev–Trinajstić information content (AvgIpc) is 3.64. The summed E-state index contributed by atoms with van der Waals surface area (Å²) in [6, 6.07) is 48.6. The number of nitrogens with zero attached hydrogens (tertiary/aromatic N) is 2. The maximum Gasteiger partial charge on any atom is 0.0548 e. The lowest BCUT2D eigenvalue weighted by Gasteiger charge is -2.10. The van der Waals surface area contributed by atoms with Crippen molar-refractivity contribution in [1.82, 2.24) is 9.13 Å². The molecule has 0 fully saturated rings. The van der Waals surface area contributed by atoms with E-state index in [2.05, 4.69) is 143 Å². The molecule has 9 rings (SSSR count). The Labute approximate surface area is 228 Å². The van der Waals surface area contributed by atoms with Crippen molar-refractivity contribution in [2.45, 2.75) is 0 Å². The molecule has 0 unspecified atom stereocenters. The Hall–Kier alpha value is -4.86. The van der Waals surface area contributed by atoms with E-state index in [1.54, 1.807) is 0 Å². The van der Waals surface area contributed by atoms with Crippen molar-refractivity contribution in [3.05, 3.63) is 133 Å². The van der Waals surface area contributed by atoms with Gasteiger partial charge in [-0.25, -0.2) is 0 Å². The van der Waals surface area contributed by atoms with Crippen molar-refractivity contribution < 1.29 is 0 Å².